The lowest BCUT2D eigenvalue weighted by atomic mass is 10.1. The van der Waals surface area contributed by atoms with Crippen LogP contribution in [0.25, 0.3) is 16.8 Å². The van der Waals surface area contributed by atoms with Crippen molar-refractivity contribution in [1.82, 2.24) is 19.6 Å². The van der Waals surface area contributed by atoms with Crippen molar-refractivity contribution in [1.29, 1.82) is 0 Å². The molecular formula is C23H21N7O3. The summed E-state index contributed by atoms with van der Waals surface area (Å²) >= 11 is 0. The molecule has 0 saturated carbocycles. The third kappa shape index (κ3) is 3.80. The molecule has 166 valence electrons. The lowest BCUT2D eigenvalue weighted by Crippen LogP contribution is -2.36. The molecule has 4 aromatic rings. The lowest BCUT2D eigenvalue weighted by Gasteiger charge is -2.27. The number of amides is 1. The van der Waals surface area contributed by atoms with Gasteiger partial charge >= 0.3 is 0 Å². The van der Waals surface area contributed by atoms with Gasteiger partial charge in [-0.15, -0.1) is 10.2 Å². The first-order valence-corrected chi connectivity index (χ1v) is 10.7. The highest BCUT2D eigenvalue weighted by atomic mass is 16.5. The van der Waals surface area contributed by atoms with E-state index in [2.05, 4.69) is 30.7 Å². The molecule has 1 fully saturated rings. The largest absolute Gasteiger partial charge is 0.482 e. The molecule has 6 rings (SSSR count). The number of aromatic nitrogens is 4. The minimum atomic E-state index is -0.161. The molecule has 1 aromatic carbocycles. The van der Waals surface area contributed by atoms with E-state index < -0.39 is 0 Å². The van der Waals surface area contributed by atoms with Crippen molar-refractivity contribution in [2.45, 2.75) is 0 Å². The molecule has 0 unspecified atom stereocenters. The Labute approximate surface area is 189 Å². The first-order chi connectivity index (χ1) is 16.2. The number of hydrogen-bond acceptors (Lipinski definition) is 8. The van der Waals surface area contributed by atoms with Crippen LogP contribution in [-0.4, -0.2) is 58.4 Å². The van der Waals surface area contributed by atoms with Gasteiger partial charge in [-0.1, -0.05) is 6.07 Å². The van der Waals surface area contributed by atoms with Gasteiger partial charge in [0.2, 0.25) is 0 Å². The third-order valence-corrected chi connectivity index (χ3v) is 5.68. The van der Waals surface area contributed by atoms with Gasteiger partial charge in [-0.2, -0.15) is 0 Å². The van der Waals surface area contributed by atoms with Crippen LogP contribution >= 0.6 is 0 Å². The van der Waals surface area contributed by atoms with Gasteiger partial charge in [0, 0.05) is 37.2 Å². The number of anilines is 4. The Morgan fingerprint density at radius 3 is 2.79 bits per heavy atom. The molecular weight excluding hydrogens is 422 g/mol. The van der Waals surface area contributed by atoms with E-state index in [1.165, 1.54) is 0 Å². The fourth-order valence-electron chi connectivity index (χ4n) is 4.04. The minimum Gasteiger partial charge on any atom is -0.482 e. The molecule has 0 radical (unpaired) electrons. The number of pyridine rings is 1. The summed E-state index contributed by atoms with van der Waals surface area (Å²) in [4.78, 5) is 18.3. The van der Waals surface area contributed by atoms with Crippen molar-refractivity contribution in [3.05, 3.63) is 55.0 Å². The van der Waals surface area contributed by atoms with Crippen molar-refractivity contribution in [2.75, 3.05) is 48.4 Å². The summed E-state index contributed by atoms with van der Waals surface area (Å²) in [6.07, 6.45) is 5.63. The molecule has 0 aliphatic carbocycles. The molecule has 2 N–H and O–H groups in total. The van der Waals surface area contributed by atoms with E-state index in [1.807, 2.05) is 53.2 Å². The van der Waals surface area contributed by atoms with Crippen molar-refractivity contribution in [2.24, 2.45) is 0 Å². The van der Waals surface area contributed by atoms with Crippen molar-refractivity contribution < 1.29 is 14.3 Å². The molecule has 1 amide bonds. The topological polar surface area (TPSA) is 106 Å². The maximum atomic E-state index is 11.7. The van der Waals surface area contributed by atoms with E-state index in [0.717, 1.165) is 41.4 Å². The molecule has 2 aliphatic rings. The maximum absolute atomic E-state index is 11.7. The van der Waals surface area contributed by atoms with Crippen LogP contribution < -0.4 is 20.3 Å². The van der Waals surface area contributed by atoms with E-state index in [-0.39, 0.29) is 12.5 Å². The standard InChI is InChI=1S/C23H21N7O3/c31-22-14-33-19-2-1-15(11-17(19)26-22)16-12-18(23-24-5-6-30(23)13-16)25-20-3-4-21(28-27-20)29-7-9-32-10-8-29/h1-6,11-13H,7-10,14H2,(H,25,27)(H,26,31). The number of morpholine rings is 1. The predicted molar refractivity (Wildman–Crippen MR) is 123 cm³/mol. The fraction of sp³-hybridized carbons (Fsp3) is 0.217. The predicted octanol–water partition coefficient (Wildman–Crippen LogP) is 2.70. The second-order valence-electron chi connectivity index (χ2n) is 7.85. The Bertz CT molecular complexity index is 1330. The van der Waals surface area contributed by atoms with Crippen LogP contribution in [0.2, 0.25) is 0 Å². The zero-order valence-electron chi connectivity index (χ0n) is 17.7. The van der Waals surface area contributed by atoms with Gasteiger partial charge in [0.1, 0.15) is 5.75 Å². The van der Waals surface area contributed by atoms with Gasteiger partial charge in [-0.25, -0.2) is 4.98 Å². The van der Waals surface area contributed by atoms with E-state index in [0.29, 0.717) is 30.5 Å². The van der Waals surface area contributed by atoms with E-state index >= 15 is 0 Å². The smallest absolute Gasteiger partial charge is 0.262 e. The number of imidazole rings is 1. The number of rotatable bonds is 4. The number of benzene rings is 1. The van der Waals surface area contributed by atoms with Gasteiger partial charge in [-0.05, 0) is 35.9 Å². The molecule has 2 aliphatic heterocycles. The first kappa shape index (κ1) is 19.5. The quantitative estimate of drug-likeness (QED) is 0.496. The van der Waals surface area contributed by atoms with Crippen LogP contribution in [0.15, 0.2) is 55.0 Å². The Hall–Kier alpha value is -4.18. The number of ether oxygens (including phenoxy) is 2. The zero-order valence-corrected chi connectivity index (χ0v) is 17.7. The van der Waals surface area contributed by atoms with Crippen LogP contribution in [-0.2, 0) is 9.53 Å². The molecule has 0 bridgehead atoms. The van der Waals surface area contributed by atoms with Gasteiger partial charge < -0.3 is 29.4 Å². The van der Waals surface area contributed by atoms with Crippen molar-refractivity contribution in [3.63, 3.8) is 0 Å². The first-order valence-electron chi connectivity index (χ1n) is 10.7. The van der Waals surface area contributed by atoms with Crippen LogP contribution in [0.4, 0.5) is 23.0 Å². The van der Waals surface area contributed by atoms with Crippen LogP contribution in [0.5, 0.6) is 5.75 Å². The zero-order chi connectivity index (χ0) is 22.2. The molecule has 0 atom stereocenters. The SMILES string of the molecule is O=C1COc2ccc(-c3cc(Nc4ccc(N5CCOCC5)nn4)c4nccn4c3)cc2N1. The fourth-order valence-corrected chi connectivity index (χ4v) is 4.04. The second kappa shape index (κ2) is 8.06. The monoisotopic (exact) mass is 443 g/mol. The average Bonchev–Trinajstić information content (AvgIpc) is 3.34. The van der Waals surface area contributed by atoms with Crippen LogP contribution in [0, 0.1) is 0 Å². The summed E-state index contributed by atoms with van der Waals surface area (Å²) < 4.78 is 12.8. The number of nitrogens with one attached hydrogen (secondary N) is 2. The summed E-state index contributed by atoms with van der Waals surface area (Å²) in [6.45, 7) is 3.05. The Balaban J connectivity index is 1.31. The van der Waals surface area contributed by atoms with E-state index in [9.17, 15) is 4.79 Å². The highest BCUT2D eigenvalue weighted by Crippen LogP contribution is 2.34. The van der Waals surface area contributed by atoms with Gasteiger partial charge in [0.25, 0.3) is 5.91 Å². The third-order valence-electron chi connectivity index (χ3n) is 5.68. The average molecular weight is 443 g/mol. The Kier molecular flexibility index (Phi) is 4.76. The maximum Gasteiger partial charge on any atom is 0.262 e. The molecule has 5 heterocycles. The van der Waals surface area contributed by atoms with Crippen LogP contribution in [0.3, 0.4) is 0 Å². The van der Waals surface area contributed by atoms with E-state index in [4.69, 9.17) is 9.47 Å². The minimum absolute atomic E-state index is 0.0345. The van der Waals surface area contributed by atoms with Gasteiger partial charge in [0.15, 0.2) is 23.9 Å². The number of hydrogen-bond donors (Lipinski definition) is 2. The van der Waals surface area contributed by atoms with E-state index in [1.54, 1.807) is 6.20 Å². The Morgan fingerprint density at radius 1 is 1.03 bits per heavy atom. The highest BCUT2D eigenvalue weighted by molar-refractivity contribution is 5.96. The van der Waals surface area contributed by atoms with Gasteiger partial charge in [0.05, 0.1) is 24.6 Å². The molecule has 10 heteroatoms. The summed E-state index contributed by atoms with van der Waals surface area (Å²) in [5, 5.41) is 15.0. The molecule has 0 spiro atoms. The Morgan fingerprint density at radius 2 is 1.94 bits per heavy atom. The lowest BCUT2D eigenvalue weighted by molar-refractivity contribution is -0.118. The number of fused-ring (bicyclic) bond motifs is 2. The number of nitrogens with zero attached hydrogens (tertiary/aromatic N) is 5. The summed E-state index contributed by atoms with van der Waals surface area (Å²) in [5.41, 5.74) is 4.11. The van der Waals surface area contributed by atoms with Crippen molar-refractivity contribution >= 4 is 34.6 Å². The molecule has 3 aromatic heterocycles. The normalized spacial score (nSPS) is 15.6. The number of carbonyl (C=O) groups excluding carboxylic acids is 1. The molecule has 33 heavy (non-hydrogen) atoms. The summed E-state index contributed by atoms with van der Waals surface area (Å²) in [5.74, 6) is 1.96. The highest BCUT2D eigenvalue weighted by Gasteiger charge is 2.17. The summed E-state index contributed by atoms with van der Waals surface area (Å²) in [6, 6.07) is 11.6. The number of carbonyl (C=O) groups is 1. The van der Waals surface area contributed by atoms with Crippen LogP contribution in [0.1, 0.15) is 0 Å². The molecule has 10 nitrogen and oxygen atoms in total. The second-order valence-corrected chi connectivity index (χ2v) is 7.85. The van der Waals surface area contributed by atoms with Crippen molar-refractivity contribution in [3.8, 4) is 16.9 Å². The van der Waals surface area contributed by atoms with Gasteiger partial charge in [-0.3, -0.25) is 4.79 Å². The molecule has 1 saturated heterocycles. The summed E-state index contributed by atoms with van der Waals surface area (Å²) in [7, 11) is 0.